The Hall–Kier alpha value is -1.52. The van der Waals surface area contributed by atoms with Crippen LogP contribution in [0.2, 0.25) is 0 Å². The van der Waals surface area contributed by atoms with Crippen LogP contribution in [0.4, 0.5) is 4.79 Å². The van der Waals surface area contributed by atoms with E-state index in [4.69, 9.17) is 5.11 Å². The lowest BCUT2D eigenvalue weighted by molar-refractivity contribution is -0.140. The number of hydrogen-bond acceptors (Lipinski definition) is 2. The Morgan fingerprint density at radius 2 is 2.17 bits per heavy atom. The first kappa shape index (κ1) is 14.5. The van der Waals surface area contributed by atoms with Crippen molar-refractivity contribution in [3.8, 4) is 0 Å². The predicted octanol–water partition coefficient (Wildman–Crippen LogP) is 1.85. The summed E-state index contributed by atoms with van der Waals surface area (Å²) in [5, 5.41) is 11.7. The summed E-state index contributed by atoms with van der Waals surface area (Å²) in [5.41, 5.74) is 0. The molecule has 102 valence electrons. The van der Waals surface area contributed by atoms with E-state index >= 15 is 0 Å². The number of amides is 2. The zero-order valence-electron chi connectivity index (χ0n) is 11.1. The van der Waals surface area contributed by atoms with Gasteiger partial charge in [-0.1, -0.05) is 26.3 Å². The highest BCUT2D eigenvalue weighted by Crippen LogP contribution is 2.26. The smallest absolute Gasteiger partial charge is 0.326 e. The van der Waals surface area contributed by atoms with Crippen molar-refractivity contribution in [3.63, 3.8) is 0 Å². The maximum Gasteiger partial charge on any atom is 0.326 e. The molecule has 1 rings (SSSR count). The average molecular weight is 254 g/mol. The molecule has 2 atom stereocenters. The van der Waals surface area contributed by atoms with Crippen molar-refractivity contribution < 1.29 is 14.7 Å². The minimum Gasteiger partial charge on any atom is -0.480 e. The number of aliphatic carboxylic acids is 1. The summed E-state index contributed by atoms with van der Waals surface area (Å²) in [5.74, 6) is -1.07. The molecule has 1 fully saturated rings. The third-order valence-electron chi connectivity index (χ3n) is 3.33. The van der Waals surface area contributed by atoms with Gasteiger partial charge in [-0.25, -0.2) is 9.59 Å². The molecule has 0 saturated heterocycles. The molecule has 0 bridgehead atoms. The molecule has 1 saturated carbocycles. The zero-order chi connectivity index (χ0) is 13.7. The lowest BCUT2D eigenvalue weighted by Gasteiger charge is -2.26. The SMILES string of the molecule is C=CCN(C(=O)N[C@H](C(=O)O)C(C)CC)C1CC1. The number of carboxylic acid groups (broad SMARTS) is 1. The molecule has 0 spiro atoms. The number of carboxylic acids is 1. The van der Waals surface area contributed by atoms with Gasteiger partial charge in [0.05, 0.1) is 0 Å². The topological polar surface area (TPSA) is 69.6 Å². The first-order chi connectivity index (χ1) is 8.51. The summed E-state index contributed by atoms with van der Waals surface area (Å²) < 4.78 is 0. The maximum absolute atomic E-state index is 12.1. The lowest BCUT2D eigenvalue weighted by Crippen LogP contribution is -2.51. The van der Waals surface area contributed by atoms with Gasteiger partial charge >= 0.3 is 12.0 Å². The molecule has 0 radical (unpaired) electrons. The summed E-state index contributed by atoms with van der Waals surface area (Å²) in [7, 11) is 0. The number of carbonyl (C=O) groups is 2. The molecule has 0 aromatic heterocycles. The highest BCUT2D eigenvalue weighted by atomic mass is 16.4. The lowest BCUT2D eigenvalue weighted by atomic mass is 9.99. The fraction of sp³-hybridized carbons (Fsp3) is 0.692. The molecule has 18 heavy (non-hydrogen) atoms. The third-order valence-corrected chi connectivity index (χ3v) is 3.33. The van der Waals surface area contributed by atoms with Crippen LogP contribution in [-0.2, 0) is 4.79 Å². The van der Waals surface area contributed by atoms with Crippen molar-refractivity contribution >= 4 is 12.0 Å². The fourth-order valence-corrected chi connectivity index (χ4v) is 1.82. The third kappa shape index (κ3) is 3.75. The summed E-state index contributed by atoms with van der Waals surface area (Å²) in [6, 6.07) is -0.881. The molecule has 5 nitrogen and oxygen atoms in total. The van der Waals surface area contributed by atoms with Crippen molar-refractivity contribution in [3.05, 3.63) is 12.7 Å². The number of urea groups is 1. The maximum atomic E-state index is 12.1. The molecule has 1 aliphatic rings. The largest absolute Gasteiger partial charge is 0.480 e. The van der Waals surface area contributed by atoms with Crippen LogP contribution >= 0.6 is 0 Å². The van der Waals surface area contributed by atoms with E-state index in [0.717, 1.165) is 12.8 Å². The van der Waals surface area contributed by atoms with Crippen LogP contribution in [0.3, 0.4) is 0 Å². The molecular formula is C13H22N2O3. The van der Waals surface area contributed by atoms with Gasteiger partial charge in [0.25, 0.3) is 0 Å². The van der Waals surface area contributed by atoms with Crippen LogP contribution in [0.25, 0.3) is 0 Å². The molecule has 2 N–H and O–H groups in total. The Labute approximate surface area is 108 Å². The van der Waals surface area contributed by atoms with Crippen molar-refractivity contribution in [1.29, 1.82) is 0 Å². The number of rotatable bonds is 7. The van der Waals surface area contributed by atoms with Gasteiger partial charge in [-0.2, -0.15) is 0 Å². The Kier molecular flexibility index (Phi) is 5.19. The molecule has 0 heterocycles. The number of nitrogens with zero attached hydrogens (tertiary/aromatic N) is 1. The van der Waals surface area contributed by atoms with E-state index in [-0.39, 0.29) is 18.0 Å². The summed E-state index contributed by atoms with van der Waals surface area (Å²) in [4.78, 5) is 24.9. The van der Waals surface area contributed by atoms with Crippen LogP contribution in [0.1, 0.15) is 33.1 Å². The predicted molar refractivity (Wildman–Crippen MR) is 69.3 cm³/mol. The molecular weight excluding hydrogens is 232 g/mol. The van der Waals surface area contributed by atoms with Gasteiger partial charge in [0.1, 0.15) is 6.04 Å². The average Bonchev–Trinajstić information content (AvgIpc) is 3.15. The van der Waals surface area contributed by atoms with E-state index in [2.05, 4.69) is 11.9 Å². The second-order valence-corrected chi connectivity index (χ2v) is 4.82. The second-order valence-electron chi connectivity index (χ2n) is 4.82. The Morgan fingerprint density at radius 1 is 1.56 bits per heavy atom. The Balaban J connectivity index is 2.63. The Morgan fingerprint density at radius 3 is 2.56 bits per heavy atom. The highest BCUT2D eigenvalue weighted by Gasteiger charge is 2.34. The summed E-state index contributed by atoms with van der Waals surface area (Å²) in [6.45, 7) is 7.82. The van der Waals surface area contributed by atoms with E-state index in [9.17, 15) is 9.59 Å². The van der Waals surface area contributed by atoms with Gasteiger partial charge in [0.2, 0.25) is 0 Å². The highest BCUT2D eigenvalue weighted by molar-refractivity contribution is 5.83. The quantitative estimate of drug-likeness (QED) is 0.681. The first-order valence-electron chi connectivity index (χ1n) is 6.42. The van der Waals surface area contributed by atoms with E-state index in [1.807, 2.05) is 13.8 Å². The van der Waals surface area contributed by atoms with Crippen LogP contribution in [-0.4, -0.2) is 40.6 Å². The molecule has 1 unspecified atom stereocenters. The van der Waals surface area contributed by atoms with Gasteiger partial charge in [0, 0.05) is 12.6 Å². The first-order valence-corrected chi connectivity index (χ1v) is 6.42. The van der Waals surface area contributed by atoms with Crippen molar-refractivity contribution in [2.45, 2.75) is 45.2 Å². The van der Waals surface area contributed by atoms with Gasteiger partial charge in [-0.3, -0.25) is 0 Å². The van der Waals surface area contributed by atoms with Gasteiger partial charge in [0.15, 0.2) is 0 Å². The molecule has 5 heteroatoms. The normalized spacial score (nSPS) is 17.7. The van der Waals surface area contributed by atoms with Crippen molar-refractivity contribution in [1.82, 2.24) is 10.2 Å². The molecule has 0 aromatic rings. The second kappa shape index (κ2) is 6.42. The van der Waals surface area contributed by atoms with Crippen molar-refractivity contribution in [2.24, 2.45) is 5.92 Å². The number of carbonyl (C=O) groups excluding carboxylic acids is 1. The fourth-order valence-electron chi connectivity index (χ4n) is 1.82. The minimum absolute atomic E-state index is 0.0868. The zero-order valence-corrected chi connectivity index (χ0v) is 11.1. The van der Waals surface area contributed by atoms with E-state index in [1.54, 1.807) is 11.0 Å². The van der Waals surface area contributed by atoms with Gasteiger partial charge < -0.3 is 15.3 Å². The molecule has 1 aliphatic carbocycles. The minimum atomic E-state index is -0.980. The van der Waals surface area contributed by atoms with E-state index < -0.39 is 12.0 Å². The molecule has 2 amide bonds. The van der Waals surface area contributed by atoms with Crippen LogP contribution in [0, 0.1) is 5.92 Å². The molecule has 0 aromatic carbocycles. The van der Waals surface area contributed by atoms with Crippen LogP contribution < -0.4 is 5.32 Å². The Bertz CT molecular complexity index is 326. The van der Waals surface area contributed by atoms with Gasteiger partial charge in [-0.15, -0.1) is 6.58 Å². The van der Waals surface area contributed by atoms with Crippen molar-refractivity contribution in [2.75, 3.05) is 6.54 Å². The summed E-state index contributed by atoms with van der Waals surface area (Å²) >= 11 is 0. The van der Waals surface area contributed by atoms with E-state index in [1.165, 1.54) is 0 Å². The summed E-state index contributed by atoms with van der Waals surface area (Å²) in [6.07, 6.45) is 4.35. The van der Waals surface area contributed by atoms with Crippen LogP contribution in [0.15, 0.2) is 12.7 Å². The monoisotopic (exact) mass is 254 g/mol. The molecule has 0 aliphatic heterocycles. The standard InChI is InChI=1S/C13H22N2O3/c1-4-8-15(10-6-7-10)13(18)14-11(12(16)17)9(3)5-2/h4,9-11H,1,5-8H2,2-3H3,(H,14,18)(H,16,17)/t9?,11-/m0/s1. The van der Waals surface area contributed by atoms with E-state index in [0.29, 0.717) is 13.0 Å². The number of nitrogens with one attached hydrogen (secondary N) is 1. The number of hydrogen-bond donors (Lipinski definition) is 2. The van der Waals surface area contributed by atoms with Crippen LogP contribution in [0.5, 0.6) is 0 Å². The van der Waals surface area contributed by atoms with Gasteiger partial charge in [-0.05, 0) is 18.8 Å².